The van der Waals surface area contributed by atoms with Gasteiger partial charge in [0.15, 0.2) is 0 Å². The lowest BCUT2D eigenvalue weighted by atomic mass is 9.36. The summed E-state index contributed by atoms with van der Waals surface area (Å²) in [6, 6.07) is 69.5. The van der Waals surface area contributed by atoms with Crippen molar-refractivity contribution in [2.24, 2.45) is 0 Å². The zero-order chi connectivity index (χ0) is 84.9. The van der Waals surface area contributed by atoms with Crippen molar-refractivity contribution >= 4 is 201 Å². The van der Waals surface area contributed by atoms with Gasteiger partial charge in [0.05, 0.1) is 24.6 Å². The Morgan fingerprint density at radius 1 is 0.414 bits per heavy atom. The summed E-state index contributed by atoms with van der Waals surface area (Å²) in [5.74, 6) is 1.84. The van der Waals surface area contributed by atoms with Crippen molar-refractivity contribution < 1.29 is 17.7 Å². The summed E-state index contributed by atoms with van der Waals surface area (Å²) < 4.78 is 69.9. The Morgan fingerprint density at radius 3 is 1.23 bits per heavy atom. The average Bonchev–Trinajstić information content (AvgIpc) is 1.66. The van der Waals surface area contributed by atoms with Gasteiger partial charge in [-0.25, -0.2) is 0 Å². The van der Waals surface area contributed by atoms with Crippen LogP contribution in [0.1, 0.15) is 216 Å². The average molecular weight is 1850 g/mol. The van der Waals surface area contributed by atoms with E-state index in [2.05, 4.69) is 414 Å². The van der Waals surface area contributed by atoms with Crippen LogP contribution >= 0.6 is 89.8 Å². The fraction of sp³-hybridized carbons (Fsp3) is 0.347. The molecule has 111 heavy (non-hydrogen) atoms. The Hall–Kier alpha value is -6.76. The van der Waals surface area contributed by atoms with Crippen LogP contribution in [-0.2, 0) is 43.3 Å². The second kappa shape index (κ2) is 29.5. The molecule has 6 heterocycles. The third-order valence-electron chi connectivity index (χ3n) is 22.5. The van der Waals surface area contributed by atoms with Gasteiger partial charge < -0.3 is 29.1 Å². The highest BCUT2D eigenvalue weighted by atomic mass is 127. The number of ether oxygens (including phenoxy) is 2. The van der Waals surface area contributed by atoms with Crippen molar-refractivity contribution in [2.75, 3.05) is 32.8 Å². The smallest absolute Gasteiger partial charge is 0.355 e. The lowest BCUT2D eigenvalue weighted by molar-refractivity contribution is 0.291. The van der Waals surface area contributed by atoms with Crippen LogP contribution in [0.5, 0.6) is 11.5 Å². The first-order chi connectivity index (χ1) is 54.3. The van der Waals surface area contributed by atoms with Gasteiger partial charge in [0.2, 0.25) is 0 Å². The van der Waals surface area contributed by atoms with Crippen LogP contribution in [0.4, 0.5) is 68.2 Å². The van der Waals surface area contributed by atoms with Gasteiger partial charge in [0.1, 0.15) is 11.5 Å². The zero-order valence-electron chi connectivity index (χ0n) is 74.7. The lowest BCUT2D eigenvalue weighted by Gasteiger charge is -2.44. The summed E-state index contributed by atoms with van der Waals surface area (Å²) in [5, 5.41) is 4.39. The number of aryl methyl sites for hydroxylation is 2. The van der Waals surface area contributed by atoms with Gasteiger partial charge in [-0.1, -0.05) is 225 Å². The second-order valence-electron chi connectivity index (χ2n) is 38.2. The monoisotopic (exact) mass is 1850 g/mol. The number of thiophene rings is 2. The van der Waals surface area contributed by atoms with Crippen LogP contribution in [0.2, 0.25) is 0 Å². The van der Waals surface area contributed by atoms with Crippen LogP contribution in [0.15, 0.2) is 200 Å². The Morgan fingerprint density at radius 2 is 0.793 bits per heavy atom. The first-order valence-corrected chi connectivity index (χ1v) is 44.3. The summed E-state index contributed by atoms with van der Waals surface area (Å²) in [6.45, 7) is 45.7. The molecule has 0 spiro atoms. The van der Waals surface area contributed by atoms with Gasteiger partial charge in [0.25, 0.3) is 6.71 Å². The number of hydrogen-bond acceptors (Lipinski definition) is 8. The maximum atomic E-state index is 8.86. The second-order valence-corrected chi connectivity index (χ2v) is 51.0. The van der Waals surface area contributed by atoms with Gasteiger partial charge in [-0.2, -0.15) is 0 Å². The Balaban J connectivity index is 0.000000184. The number of nitrogens with zero attached hydrogens (tertiary/aromatic N) is 4. The highest BCUT2D eigenvalue weighted by Crippen LogP contribution is 2.54. The molecule has 4 aliphatic heterocycles. The molecule has 0 amide bonds. The molecule has 4 aliphatic rings. The third-order valence-corrected chi connectivity index (χ3v) is 24.7. The molecule has 2 aromatic heterocycles. The lowest BCUT2D eigenvalue weighted by Crippen LogP contribution is -2.60. The van der Waals surface area contributed by atoms with E-state index in [1.165, 1.54) is 64.1 Å². The Bertz CT molecular complexity index is 5700. The van der Waals surface area contributed by atoms with E-state index in [0.29, 0.717) is 18.8 Å². The van der Waals surface area contributed by atoms with Crippen LogP contribution < -0.4 is 44.8 Å². The van der Waals surface area contributed by atoms with E-state index in [0.717, 1.165) is 96.3 Å². The first kappa shape index (κ1) is 73.2. The van der Waals surface area contributed by atoms with Crippen LogP contribution in [0.25, 0.3) is 20.2 Å². The van der Waals surface area contributed by atoms with Crippen molar-refractivity contribution in [1.82, 2.24) is 0 Å². The van der Waals surface area contributed by atoms with Gasteiger partial charge in [-0.15, -0.1) is 89.8 Å². The minimum atomic E-state index is -2.36. The van der Waals surface area contributed by atoms with E-state index in [1.54, 1.807) is 11.3 Å². The number of hydrogen-bond donors (Lipinski definition) is 0. The van der Waals surface area contributed by atoms with E-state index >= 15 is 0 Å². The molecule has 572 valence electrons. The quantitative estimate of drug-likeness (QED) is 0.111. The summed E-state index contributed by atoms with van der Waals surface area (Å²) in [6.07, 6.45) is 0. The zero-order valence-corrected chi connectivity index (χ0v) is 76.8. The number of halogens is 3. The number of rotatable bonds is 8. The largest absolute Gasteiger partial charge is 0.492 e. The number of fused-ring (bicyclic) bond motifs is 9. The molecule has 0 unspecified atom stereocenters. The van der Waals surface area contributed by atoms with E-state index < -0.39 is 13.7 Å². The minimum Gasteiger partial charge on any atom is -0.492 e. The SMILES string of the molecule is IB(I)I.[2H]C([2H])([2H])c1cc(N(c2ccc(C(C)(C)C)cc2)c2ccc(C(C)(C)C)cc2)cc(N(c2ccc(C(C)(C)C)cc2)c2csc3cc4c(cc23)OCC4(C)C)c1.[2H]C([2H])([2H])c1cc2c3c(c1)N(c1ccc(C(C)(C)C)cc1)c1c(sc4cc5c(cc14)OCC5(C)C)B3c1cc(C(C)(C)C)ccc1N2c1ccc(C(C)(C)C)cc1. The molecule has 0 saturated carbocycles. The minimum absolute atomic E-state index is 0.00748. The summed E-state index contributed by atoms with van der Waals surface area (Å²) in [5.41, 5.74) is 23.9. The molecule has 10 aromatic carbocycles. The molecule has 0 bridgehead atoms. The summed E-state index contributed by atoms with van der Waals surface area (Å²) >= 11 is 10.5. The van der Waals surface area contributed by atoms with E-state index in [4.69, 9.17) is 17.7 Å². The highest BCUT2D eigenvalue weighted by molar-refractivity contribution is 14.4. The van der Waals surface area contributed by atoms with E-state index in [1.807, 2.05) is 35.6 Å². The predicted molar refractivity (Wildman–Crippen MR) is 514 cm³/mol. The molecule has 0 saturated heterocycles. The maximum Gasteiger partial charge on any atom is 0.355 e. The van der Waals surface area contributed by atoms with Crippen LogP contribution in [0.3, 0.4) is 0 Å². The van der Waals surface area contributed by atoms with Crippen LogP contribution in [0, 0.1) is 13.7 Å². The van der Waals surface area contributed by atoms with Gasteiger partial charge in [0, 0.05) is 117 Å². The molecule has 0 fully saturated rings. The highest BCUT2D eigenvalue weighted by Gasteiger charge is 2.47. The number of anilines is 12. The maximum absolute atomic E-state index is 8.86. The van der Waals surface area contributed by atoms with Crippen molar-refractivity contribution in [3.05, 3.63) is 255 Å². The molecule has 12 aromatic rings. The van der Waals surface area contributed by atoms with E-state index in [9.17, 15) is 0 Å². The van der Waals surface area contributed by atoms with Gasteiger partial charge in [-0.05, 0) is 223 Å². The van der Waals surface area contributed by atoms with Crippen molar-refractivity contribution in [3.8, 4) is 11.5 Å². The summed E-state index contributed by atoms with van der Waals surface area (Å²) in [7, 11) is 0. The molecule has 16 rings (SSSR count). The number of benzene rings is 10. The van der Waals surface area contributed by atoms with Gasteiger partial charge >= 0.3 is 0.282 Å². The van der Waals surface area contributed by atoms with E-state index in [-0.39, 0.29) is 55.6 Å². The molecule has 0 atom stereocenters. The molecule has 0 N–H and O–H groups in total. The van der Waals surface area contributed by atoms with Crippen molar-refractivity contribution in [2.45, 2.75) is 209 Å². The van der Waals surface area contributed by atoms with Crippen molar-refractivity contribution in [1.29, 1.82) is 0 Å². The molecular weight excluding hydrogens is 1730 g/mol. The Kier molecular flexibility index (Phi) is 19.4. The molecule has 0 aliphatic carbocycles. The summed E-state index contributed by atoms with van der Waals surface area (Å²) in [4.78, 5) is 9.09. The normalized spacial score (nSPS) is 15.8. The van der Waals surface area contributed by atoms with Crippen molar-refractivity contribution in [3.63, 3.8) is 0 Å². The third kappa shape index (κ3) is 16.0. The molecule has 0 radical (unpaired) electrons. The molecule has 13 heteroatoms. The fourth-order valence-electron chi connectivity index (χ4n) is 16.0. The topological polar surface area (TPSA) is 31.4 Å². The molecular formula is C98H109B2I3N4O2S2. The van der Waals surface area contributed by atoms with Gasteiger partial charge in [-0.3, -0.25) is 0 Å². The van der Waals surface area contributed by atoms with Crippen LogP contribution in [-0.4, -0.2) is 20.2 Å². The standard InChI is InChI=1S/C49H53BN2OS.C49H56N2OS.BI3/c1-29-23-39-43-40(24-29)52(34-20-15-31(16-21-34)47(5,6)7)44-35-26-41-36(49(11,12)28-53-41)27-42(35)54-45(44)50(43)37-25-32(48(8,9)10)17-22-38(37)51(39)33-18-13-30(14-19-33)46(2,3)4;1-32-25-39(50(36-19-13-33(14-20-36)46(2,3)4)37-21-15-34(16-22-37)47(5,6)7)27-40(26-32)51(38-23-17-35(18-24-38)48(8,9)10)43-30-53-45-29-42-44(28-41(43)45)52-31-49(42,11)12;2-1(3)4/h13-27H,28H2,1-12H3;13-30H,31H2,1-12H3;/i2*1D3;. The first-order valence-electron chi connectivity index (χ1n) is 41.8. The predicted octanol–water partition coefficient (Wildman–Crippen LogP) is 28.8. The Labute approximate surface area is 720 Å². The fourth-order valence-corrected chi connectivity index (χ4v) is 18.3. The molecule has 6 nitrogen and oxygen atoms in total.